The lowest BCUT2D eigenvalue weighted by molar-refractivity contribution is 0.0996. The van der Waals surface area contributed by atoms with Gasteiger partial charge >= 0.3 is 0 Å². The second-order valence-electron chi connectivity index (χ2n) is 5.16. The number of amides is 1. The summed E-state index contributed by atoms with van der Waals surface area (Å²) < 4.78 is 12.1. The first-order valence-corrected chi connectivity index (χ1v) is 8.14. The highest BCUT2D eigenvalue weighted by Crippen LogP contribution is 2.28. The molecule has 1 aromatic heterocycles. The molecule has 0 unspecified atom stereocenters. The summed E-state index contributed by atoms with van der Waals surface area (Å²) in [6, 6.07) is 13.0. The van der Waals surface area contributed by atoms with Gasteiger partial charge in [-0.15, -0.1) is 0 Å². The molecule has 0 spiro atoms. The fourth-order valence-corrected chi connectivity index (χ4v) is 2.74. The zero-order valence-electron chi connectivity index (χ0n) is 13.3. The van der Waals surface area contributed by atoms with E-state index < -0.39 is 5.91 Å². The predicted octanol–water partition coefficient (Wildman–Crippen LogP) is 2.92. The van der Waals surface area contributed by atoms with Crippen LogP contribution in [0.4, 0.5) is 0 Å². The first-order valence-electron chi connectivity index (χ1n) is 7.34. The molecule has 8 heteroatoms. The largest absolute Gasteiger partial charge is 0.496 e. The summed E-state index contributed by atoms with van der Waals surface area (Å²) >= 11 is 3.41. The third-order valence-electron chi connectivity index (χ3n) is 3.53. The van der Waals surface area contributed by atoms with E-state index >= 15 is 0 Å². The van der Waals surface area contributed by atoms with Crippen molar-refractivity contribution in [2.24, 2.45) is 5.73 Å². The Balaban J connectivity index is 1.90. The van der Waals surface area contributed by atoms with Crippen molar-refractivity contribution in [3.63, 3.8) is 0 Å². The molecule has 1 heterocycles. The molecule has 0 radical (unpaired) electrons. The van der Waals surface area contributed by atoms with E-state index in [2.05, 4.69) is 31.3 Å². The summed E-state index contributed by atoms with van der Waals surface area (Å²) in [5.74, 6) is 0.746. The van der Waals surface area contributed by atoms with Gasteiger partial charge in [-0.1, -0.05) is 22.0 Å². The van der Waals surface area contributed by atoms with Crippen molar-refractivity contribution in [3.8, 4) is 22.8 Å². The van der Waals surface area contributed by atoms with E-state index in [4.69, 9.17) is 15.2 Å². The molecule has 0 fully saturated rings. The lowest BCUT2D eigenvalue weighted by atomic mass is 10.1. The average molecular weight is 403 g/mol. The Morgan fingerprint density at radius 2 is 2.08 bits per heavy atom. The molecule has 0 saturated heterocycles. The van der Waals surface area contributed by atoms with Crippen LogP contribution >= 0.6 is 15.9 Å². The number of nitrogens with two attached hydrogens (primary N) is 1. The van der Waals surface area contributed by atoms with Gasteiger partial charge in [0.1, 0.15) is 23.8 Å². The molecule has 0 atom stereocenters. The number of methoxy groups -OCH3 is 1. The Morgan fingerprint density at radius 1 is 1.24 bits per heavy atom. The number of carbonyl (C=O) groups is 1. The molecule has 3 aromatic rings. The number of H-pyrrole nitrogens is 1. The number of nitrogens with one attached hydrogen (secondary N) is 1. The summed E-state index contributed by atoms with van der Waals surface area (Å²) in [7, 11) is 1.59. The van der Waals surface area contributed by atoms with E-state index in [0.29, 0.717) is 17.0 Å². The maximum absolute atomic E-state index is 11.5. The minimum absolute atomic E-state index is 0.0871. The van der Waals surface area contributed by atoms with Crippen molar-refractivity contribution in [2.45, 2.75) is 6.61 Å². The fourth-order valence-electron chi connectivity index (χ4n) is 2.36. The number of hydrogen-bond acceptors (Lipinski definition) is 5. The lowest BCUT2D eigenvalue weighted by Gasteiger charge is -2.12. The Hall–Kier alpha value is -2.87. The molecule has 0 bridgehead atoms. The number of aromatic nitrogens is 3. The third-order valence-corrected chi connectivity index (χ3v) is 4.02. The topological polar surface area (TPSA) is 103 Å². The highest BCUT2D eigenvalue weighted by Gasteiger charge is 2.17. The molecule has 0 aliphatic heterocycles. The summed E-state index contributed by atoms with van der Waals surface area (Å²) in [6.45, 7) is 0.289. The SMILES string of the molecule is COc1ccc(-c2n[nH]nc2C(N)=O)cc1COc1cccc(Br)c1. The number of aromatic amines is 1. The molecule has 1 amide bonds. The van der Waals surface area contributed by atoms with Crippen LogP contribution in [0.3, 0.4) is 0 Å². The van der Waals surface area contributed by atoms with Gasteiger partial charge in [-0.05, 0) is 36.4 Å². The Bertz CT molecular complexity index is 910. The van der Waals surface area contributed by atoms with Crippen molar-refractivity contribution < 1.29 is 14.3 Å². The van der Waals surface area contributed by atoms with Gasteiger partial charge in [-0.2, -0.15) is 15.4 Å². The minimum atomic E-state index is -0.647. The van der Waals surface area contributed by atoms with Crippen LogP contribution in [0.15, 0.2) is 46.9 Å². The van der Waals surface area contributed by atoms with Gasteiger partial charge in [0.25, 0.3) is 5.91 Å². The Kier molecular flexibility index (Phi) is 4.99. The van der Waals surface area contributed by atoms with Crippen LogP contribution in [0, 0.1) is 0 Å². The molecule has 3 N–H and O–H groups in total. The van der Waals surface area contributed by atoms with Crippen molar-refractivity contribution in [3.05, 3.63) is 58.2 Å². The van der Waals surface area contributed by atoms with Crippen LogP contribution in [0.25, 0.3) is 11.3 Å². The molecule has 7 nitrogen and oxygen atoms in total. The molecule has 2 aromatic carbocycles. The van der Waals surface area contributed by atoms with Crippen molar-refractivity contribution in [1.29, 1.82) is 0 Å². The number of ether oxygens (including phenoxy) is 2. The van der Waals surface area contributed by atoms with Crippen LogP contribution in [0.5, 0.6) is 11.5 Å². The Labute approximate surface area is 152 Å². The van der Waals surface area contributed by atoms with Gasteiger partial charge in [0.15, 0.2) is 5.69 Å². The monoisotopic (exact) mass is 402 g/mol. The van der Waals surface area contributed by atoms with Crippen LogP contribution in [-0.2, 0) is 6.61 Å². The number of carbonyl (C=O) groups excluding carboxylic acids is 1. The molecular formula is C17H15BrN4O3. The number of rotatable bonds is 6. The Morgan fingerprint density at radius 3 is 2.80 bits per heavy atom. The molecule has 25 heavy (non-hydrogen) atoms. The van der Waals surface area contributed by atoms with E-state index in [1.807, 2.05) is 30.3 Å². The van der Waals surface area contributed by atoms with E-state index in [9.17, 15) is 4.79 Å². The van der Waals surface area contributed by atoms with E-state index in [1.54, 1.807) is 19.2 Å². The normalized spacial score (nSPS) is 10.5. The maximum atomic E-state index is 11.5. The van der Waals surface area contributed by atoms with Crippen LogP contribution in [0.2, 0.25) is 0 Å². The van der Waals surface area contributed by atoms with Crippen molar-refractivity contribution in [1.82, 2.24) is 15.4 Å². The summed E-state index contributed by atoms with van der Waals surface area (Å²) in [5, 5.41) is 10.2. The number of primary amides is 1. The smallest absolute Gasteiger partial charge is 0.271 e. The molecule has 128 valence electrons. The van der Waals surface area contributed by atoms with Crippen LogP contribution in [0.1, 0.15) is 16.1 Å². The van der Waals surface area contributed by atoms with Crippen molar-refractivity contribution >= 4 is 21.8 Å². The van der Waals surface area contributed by atoms with Crippen molar-refractivity contribution in [2.75, 3.05) is 7.11 Å². The highest BCUT2D eigenvalue weighted by molar-refractivity contribution is 9.10. The number of nitrogens with zero attached hydrogens (tertiary/aromatic N) is 2. The zero-order chi connectivity index (χ0) is 17.8. The molecule has 0 aliphatic carbocycles. The van der Waals surface area contributed by atoms with E-state index in [0.717, 1.165) is 15.8 Å². The van der Waals surface area contributed by atoms with Gasteiger partial charge in [0, 0.05) is 15.6 Å². The number of halogens is 1. The second-order valence-corrected chi connectivity index (χ2v) is 6.07. The quantitative estimate of drug-likeness (QED) is 0.659. The summed E-state index contributed by atoms with van der Waals surface area (Å²) in [4.78, 5) is 11.5. The predicted molar refractivity (Wildman–Crippen MR) is 95.4 cm³/mol. The van der Waals surface area contributed by atoms with Crippen LogP contribution in [-0.4, -0.2) is 28.4 Å². The fraction of sp³-hybridized carbons (Fsp3) is 0.118. The maximum Gasteiger partial charge on any atom is 0.271 e. The molecular weight excluding hydrogens is 388 g/mol. The van der Waals surface area contributed by atoms with Gasteiger partial charge in [-0.3, -0.25) is 4.79 Å². The van der Waals surface area contributed by atoms with Gasteiger partial charge in [0.05, 0.1) is 7.11 Å². The van der Waals surface area contributed by atoms with Gasteiger partial charge in [0.2, 0.25) is 0 Å². The second kappa shape index (κ2) is 7.35. The molecule has 3 rings (SSSR count). The minimum Gasteiger partial charge on any atom is -0.496 e. The highest BCUT2D eigenvalue weighted by atomic mass is 79.9. The first-order chi connectivity index (χ1) is 12.1. The molecule has 0 aliphatic rings. The lowest BCUT2D eigenvalue weighted by Crippen LogP contribution is -2.12. The number of benzene rings is 2. The van der Waals surface area contributed by atoms with E-state index in [1.165, 1.54) is 0 Å². The zero-order valence-corrected chi connectivity index (χ0v) is 14.9. The van der Waals surface area contributed by atoms with Gasteiger partial charge < -0.3 is 15.2 Å². The van der Waals surface area contributed by atoms with Gasteiger partial charge in [-0.25, -0.2) is 0 Å². The van der Waals surface area contributed by atoms with E-state index in [-0.39, 0.29) is 12.3 Å². The summed E-state index contributed by atoms with van der Waals surface area (Å²) in [5.41, 5.74) is 7.29. The number of hydrogen-bond donors (Lipinski definition) is 2. The van der Waals surface area contributed by atoms with Crippen LogP contribution < -0.4 is 15.2 Å². The standard InChI is InChI=1S/C17H15BrN4O3/c1-24-14-6-5-10(15-16(17(19)23)21-22-20-15)7-11(14)9-25-13-4-2-3-12(18)8-13/h2-8H,9H2,1H3,(H2,19,23)(H,20,21,22). The average Bonchev–Trinajstić information content (AvgIpc) is 3.10. The molecule has 0 saturated carbocycles. The third kappa shape index (κ3) is 3.80. The first kappa shape index (κ1) is 17.0. The summed E-state index contributed by atoms with van der Waals surface area (Å²) in [6.07, 6.45) is 0.